The minimum atomic E-state index is -1.15. The van der Waals surface area contributed by atoms with Crippen molar-refractivity contribution in [3.8, 4) is 17.9 Å². The van der Waals surface area contributed by atoms with Crippen LogP contribution in [0.3, 0.4) is 0 Å². The summed E-state index contributed by atoms with van der Waals surface area (Å²) in [6, 6.07) is 10.2. The van der Waals surface area contributed by atoms with Gasteiger partial charge in [0.05, 0.1) is 30.3 Å². The minimum Gasteiger partial charge on any atom is -0.496 e. The molecule has 2 heterocycles. The molecule has 1 saturated heterocycles. The highest BCUT2D eigenvalue weighted by Gasteiger charge is 2.93. The molecule has 0 unspecified atom stereocenters. The van der Waals surface area contributed by atoms with E-state index in [4.69, 9.17) is 15.2 Å². The first-order valence-electron chi connectivity index (χ1n) is 7.32. The van der Waals surface area contributed by atoms with Crippen LogP contribution >= 0.6 is 27.7 Å². The second kappa shape index (κ2) is 4.89. The number of benzene rings is 1. The second-order valence-electron chi connectivity index (χ2n) is 5.94. The second-order valence-corrected chi connectivity index (χ2v) is 8.05. The Morgan fingerprint density at radius 2 is 2.25 bits per heavy atom. The summed E-state index contributed by atoms with van der Waals surface area (Å²) in [7, 11) is 1.59. The molecule has 8 heteroatoms. The Morgan fingerprint density at radius 1 is 1.46 bits per heavy atom. The normalized spacial score (nSPS) is 39.0. The molecule has 2 N–H and O–H groups in total. The van der Waals surface area contributed by atoms with Crippen molar-refractivity contribution in [1.29, 1.82) is 10.5 Å². The third-order valence-corrected chi connectivity index (χ3v) is 7.03. The topological polar surface area (TPSA) is 104 Å². The fourth-order valence-corrected chi connectivity index (χ4v) is 5.96. The summed E-state index contributed by atoms with van der Waals surface area (Å²) in [4.78, 5) is 4.42. The van der Waals surface area contributed by atoms with Crippen LogP contribution < -0.4 is 10.5 Å². The Bertz CT molecular complexity index is 855. The highest BCUT2D eigenvalue weighted by molar-refractivity contribution is 9.10. The maximum Gasteiger partial charge on any atom is 0.230 e. The average molecular weight is 405 g/mol. The van der Waals surface area contributed by atoms with Gasteiger partial charge >= 0.3 is 0 Å². The van der Waals surface area contributed by atoms with Gasteiger partial charge in [-0.2, -0.15) is 10.5 Å². The number of halogens is 1. The van der Waals surface area contributed by atoms with Crippen LogP contribution in [0.4, 0.5) is 0 Å². The molecule has 1 aliphatic carbocycles. The fraction of sp³-hybridized carbons (Fsp3) is 0.438. The van der Waals surface area contributed by atoms with Gasteiger partial charge in [0, 0.05) is 11.7 Å². The van der Waals surface area contributed by atoms with Crippen molar-refractivity contribution < 1.29 is 9.47 Å². The highest BCUT2D eigenvalue weighted by Crippen LogP contribution is 2.84. The van der Waals surface area contributed by atoms with Gasteiger partial charge in [0.2, 0.25) is 5.06 Å². The number of ether oxygens (including phenoxy) is 2. The van der Waals surface area contributed by atoms with Crippen molar-refractivity contribution >= 4 is 33.5 Å². The average Bonchev–Trinajstić information content (AvgIpc) is 2.84. The zero-order valence-electron chi connectivity index (χ0n) is 12.7. The van der Waals surface area contributed by atoms with Crippen LogP contribution in [0.15, 0.2) is 27.7 Å². The van der Waals surface area contributed by atoms with Gasteiger partial charge in [0.1, 0.15) is 17.0 Å². The SMILES string of the molecule is COc1ccc([C@@H]2[C@@]3(C#N)[C@@]4(N=C(N)[C@@]23C#N)OCCS4)cc1Br. The summed E-state index contributed by atoms with van der Waals surface area (Å²) in [5.41, 5.74) is 4.75. The van der Waals surface area contributed by atoms with Crippen LogP contribution in [0.25, 0.3) is 0 Å². The van der Waals surface area contributed by atoms with E-state index in [0.717, 1.165) is 15.8 Å². The Hall–Kier alpha value is -1.74. The molecule has 1 spiro atoms. The summed E-state index contributed by atoms with van der Waals surface area (Å²) in [6.45, 7) is 0.491. The number of hydrogen-bond acceptors (Lipinski definition) is 7. The molecule has 2 fully saturated rings. The molecule has 4 atom stereocenters. The van der Waals surface area contributed by atoms with Crippen molar-refractivity contribution in [3.63, 3.8) is 0 Å². The number of hydrogen-bond donors (Lipinski definition) is 1. The predicted octanol–water partition coefficient (Wildman–Crippen LogP) is 2.36. The standard InChI is InChI=1S/C16H13BrN4O2S/c1-22-11-3-2-9(6-10(11)17)12-14(7-18)13(20)21-16(15(12,14)8-19)23-4-5-24-16/h2-3,6,12H,4-5H2,1H3,(H2,20,21)/t12-,14+,15+,16+/m0/s1. The highest BCUT2D eigenvalue weighted by atomic mass is 79.9. The number of thioether (sulfide) groups is 1. The molecule has 3 aliphatic rings. The molecule has 1 aromatic carbocycles. The number of methoxy groups -OCH3 is 1. The van der Waals surface area contributed by atoms with Crippen LogP contribution in [0.5, 0.6) is 5.75 Å². The number of nitriles is 2. The monoisotopic (exact) mass is 404 g/mol. The molecule has 24 heavy (non-hydrogen) atoms. The number of aliphatic imine (C=N–C) groups is 1. The fourth-order valence-electron chi connectivity index (χ4n) is 4.08. The summed E-state index contributed by atoms with van der Waals surface area (Å²) in [5.74, 6) is 1.22. The van der Waals surface area contributed by atoms with Gasteiger partial charge in [-0.3, -0.25) is 0 Å². The summed E-state index contributed by atoms with van der Waals surface area (Å²) >= 11 is 4.92. The van der Waals surface area contributed by atoms with Gasteiger partial charge in [-0.1, -0.05) is 17.8 Å². The van der Waals surface area contributed by atoms with E-state index in [0.29, 0.717) is 12.4 Å². The van der Waals surface area contributed by atoms with Crippen molar-refractivity contribution in [1.82, 2.24) is 0 Å². The Balaban J connectivity index is 1.89. The lowest BCUT2D eigenvalue weighted by atomic mass is 9.95. The molecule has 0 aromatic heterocycles. The van der Waals surface area contributed by atoms with Crippen LogP contribution in [0, 0.1) is 33.5 Å². The van der Waals surface area contributed by atoms with E-state index in [1.807, 2.05) is 18.2 Å². The number of nitrogens with two attached hydrogens (primary N) is 1. The number of nitrogens with zero attached hydrogens (tertiary/aromatic N) is 3. The number of fused-ring (bicyclic) bond motifs is 2. The zero-order chi connectivity index (χ0) is 17.2. The molecular formula is C16H13BrN4O2S. The lowest BCUT2D eigenvalue weighted by Crippen LogP contribution is -2.34. The molecule has 0 radical (unpaired) electrons. The quantitative estimate of drug-likeness (QED) is 0.810. The van der Waals surface area contributed by atoms with E-state index in [1.54, 1.807) is 7.11 Å². The Morgan fingerprint density at radius 3 is 2.79 bits per heavy atom. The zero-order valence-corrected chi connectivity index (χ0v) is 15.1. The van der Waals surface area contributed by atoms with Crippen LogP contribution in [0.1, 0.15) is 11.5 Å². The Labute approximate surface area is 151 Å². The molecule has 1 aromatic rings. The molecule has 1 saturated carbocycles. The van der Waals surface area contributed by atoms with Gasteiger partial charge in [-0.25, -0.2) is 4.99 Å². The first-order valence-corrected chi connectivity index (χ1v) is 9.10. The molecule has 0 bridgehead atoms. The number of amidine groups is 1. The van der Waals surface area contributed by atoms with Gasteiger partial charge in [0.25, 0.3) is 0 Å². The summed E-state index contributed by atoms with van der Waals surface area (Å²) < 4.78 is 11.9. The molecule has 6 nitrogen and oxygen atoms in total. The van der Waals surface area contributed by atoms with E-state index in [2.05, 4.69) is 33.1 Å². The third-order valence-electron chi connectivity index (χ3n) is 5.12. The van der Waals surface area contributed by atoms with E-state index in [1.165, 1.54) is 11.8 Å². The van der Waals surface area contributed by atoms with E-state index in [-0.39, 0.29) is 11.8 Å². The van der Waals surface area contributed by atoms with Crippen LogP contribution in [-0.4, -0.2) is 30.4 Å². The smallest absolute Gasteiger partial charge is 0.230 e. The molecule has 122 valence electrons. The van der Waals surface area contributed by atoms with E-state index < -0.39 is 15.9 Å². The van der Waals surface area contributed by atoms with Gasteiger partial charge in [-0.05, 0) is 33.6 Å². The molecule has 4 rings (SSSR count). The maximum atomic E-state index is 10.0. The summed E-state index contributed by atoms with van der Waals surface area (Å²) in [5, 5.41) is 18.9. The molecular weight excluding hydrogens is 392 g/mol. The van der Waals surface area contributed by atoms with Crippen molar-refractivity contribution in [3.05, 3.63) is 28.2 Å². The van der Waals surface area contributed by atoms with Crippen molar-refractivity contribution in [2.75, 3.05) is 19.5 Å². The largest absolute Gasteiger partial charge is 0.496 e. The lowest BCUT2D eigenvalue weighted by molar-refractivity contribution is 0.0200. The third kappa shape index (κ3) is 1.48. The molecule has 0 amide bonds. The lowest BCUT2D eigenvalue weighted by Gasteiger charge is -2.26. The van der Waals surface area contributed by atoms with Gasteiger partial charge < -0.3 is 15.2 Å². The minimum absolute atomic E-state index is 0.192. The van der Waals surface area contributed by atoms with E-state index >= 15 is 0 Å². The van der Waals surface area contributed by atoms with Gasteiger partial charge in [0.15, 0.2) is 5.41 Å². The first kappa shape index (κ1) is 15.8. The van der Waals surface area contributed by atoms with Crippen LogP contribution in [0.2, 0.25) is 0 Å². The van der Waals surface area contributed by atoms with E-state index in [9.17, 15) is 10.5 Å². The first-order chi connectivity index (χ1) is 11.5. The predicted molar refractivity (Wildman–Crippen MR) is 92.3 cm³/mol. The van der Waals surface area contributed by atoms with Gasteiger partial charge in [-0.15, -0.1) is 0 Å². The van der Waals surface area contributed by atoms with Crippen LogP contribution in [-0.2, 0) is 4.74 Å². The maximum absolute atomic E-state index is 10.0. The van der Waals surface area contributed by atoms with Crippen molar-refractivity contribution in [2.45, 2.75) is 11.0 Å². The number of rotatable bonds is 2. The summed E-state index contributed by atoms with van der Waals surface area (Å²) in [6.07, 6.45) is 0. The van der Waals surface area contributed by atoms with Crippen molar-refractivity contribution in [2.24, 2.45) is 21.6 Å². The Kier molecular flexibility index (Phi) is 3.21. The molecule has 2 aliphatic heterocycles.